The maximum Gasteiger partial charge on any atom is 0.299 e. The molecular formula is C30H25N3O5. The molecule has 0 saturated carbocycles. The van der Waals surface area contributed by atoms with Crippen molar-refractivity contribution in [2.24, 2.45) is 0 Å². The molecule has 0 bridgehead atoms. The Bertz CT molecular complexity index is 1480. The zero-order chi connectivity index (χ0) is 26.6. The van der Waals surface area contributed by atoms with Gasteiger partial charge >= 0.3 is 0 Å². The number of Topliss-reactive ketones (excluding diaryl/α,β-unsaturated/α-hetero) is 1. The summed E-state index contributed by atoms with van der Waals surface area (Å²) in [7, 11) is 0. The average Bonchev–Trinajstić information content (AvgIpc) is 3.57. The smallest absolute Gasteiger partial charge is 0.299 e. The minimum atomic E-state index is -0.943. The molecule has 38 heavy (non-hydrogen) atoms. The number of furan rings is 1. The molecular weight excluding hydrogens is 482 g/mol. The Morgan fingerprint density at radius 1 is 0.895 bits per heavy atom. The van der Waals surface area contributed by atoms with Gasteiger partial charge in [0.15, 0.2) is 5.76 Å². The molecule has 1 N–H and O–H groups in total. The first-order chi connectivity index (χ1) is 18.4. The molecule has 1 unspecified atom stereocenters. The van der Waals surface area contributed by atoms with Gasteiger partial charge in [-0.15, -0.1) is 0 Å². The van der Waals surface area contributed by atoms with E-state index in [4.69, 9.17) is 4.42 Å². The van der Waals surface area contributed by atoms with Crippen LogP contribution in [0.2, 0.25) is 0 Å². The lowest BCUT2D eigenvalue weighted by molar-refractivity contribution is -0.122. The van der Waals surface area contributed by atoms with E-state index in [-0.39, 0.29) is 23.8 Å². The Morgan fingerprint density at radius 2 is 1.58 bits per heavy atom. The van der Waals surface area contributed by atoms with Crippen LogP contribution in [0.4, 0.5) is 11.4 Å². The quantitative estimate of drug-likeness (QED) is 0.357. The van der Waals surface area contributed by atoms with Crippen LogP contribution in [0.3, 0.4) is 0 Å². The number of carbonyl (C=O) groups excluding carboxylic acids is 4. The van der Waals surface area contributed by atoms with Crippen molar-refractivity contribution in [2.75, 3.05) is 9.80 Å². The van der Waals surface area contributed by atoms with E-state index in [1.807, 2.05) is 60.7 Å². The number of amides is 3. The summed E-state index contributed by atoms with van der Waals surface area (Å²) < 4.78 is 5.32. The summed E-state index contributed by atoms with van der Waals surface area (Å²) in [5, 5.41) is 2.86. The number of hydrogen-bond acceptors (Lipinski definition) is 5. The number of carbonyl (C=O) groups is 4. The van der Waals surface area contributed by atoms with Gasteiger partial charge < -0.3 is 14.6 Å². The Kier molecular flexibility index (Phi) is 6.86. The SMILES string of the molecule is CC(C(=O)NCc1ccccc1)N(C(=O)c1ccco1)c1ccc2c(c1)C(=O)C(=O)N2Cc1ccccc1. The van der Waals surface area contributed by atoms with Crippen molar-refractivity contribution >= 4 is 34.9 Å². The predicted molar refractivity (Wildman–Crippen MR) is 142 cm³/mol. The van der Waals surface area contributed by atoms with Gasteiger partial charge in [0.1, 0.15) is 6.04 Å². The summed E-state index contributed by atoms with van der Waals surface area (Å²) >= 11 is 0. The summed E-state index contributed by atoms with van der Waals surface area (Å²) in [5.41, 5.74) is 2.73. The molecule has 0 saturated heterocycles. The standard InChI is InChI=1S/C30H25N3O5/c1-20(28(35)31-18-21-9-4-2-5-10-21)33(29(36)26-13-8-16-38-26)23-14-15-25-24(17-23)27(34)30(37)32(25)19-22-11-6-3-7-12-22/h2-17,20H,18-19H2,1H3,(H,31,35). The highest BCUT2D eigenvalue weighted by atomic mass is 16.3. The van der Waals surface area contributed by atoms with Gasteiger partial charge in [0, 0.05) is 12.2 Å². The van der Waals surface area contributed by atoms with Crippen LogP contribution < -0.4 is 15.1 Å². The second-order valence-corrected chi connectivity index (χ2v) is 8.94. The van der Waals surface area contributed by atoms with Gasteiger partial charge in [-0.05, 0) is 48.4 Å². The molecule has 3 amide bonds. The van der Waals surface area contributed by atoms with E-state index in [1.54, 1.807) is 25.1 Å². The van der Waals surface area contributed by atoms with Gasteiger partial charge in [-0.3, -0.25) is 24.1 Å². The number of rotatable bonds is 8. The van der Waals surface area contributed by atoms with Crippen molar-refractivity contribution in [3.8, 4) is 0 Å². The van der Waals surface area contributed by atoms with Crippen LogP contribution in [0.15, 0.2) is 102 Å². The molecule has 0 fully saturated rings. The summed E-state index contributed by atoms with van der Waals surface area (Å²) in [6, 6.07) is 25.7. The van der Waals surface area contributed by atoms with Crippen LogP contribution in [-0.4, -0.2) is 29.5 Å². The highest BCUT2D eigenvalue weighted by molar-refractivity contribution is 6.52. The highest BCUT2D eigenvalue weighted by Gasteiger charge is 2.38. The maximum atomic E-state index is 13.5. The Labute approximate surface area is 219 Å². The van der Waals surface area contributed by atoms with Crippen LogP contribution in [0.5, 0.6) is 0 Å². The lowest BCUT2D eigenvalue weighted by atomic mass is 10.1. The Balaban J connectivity index is 1.45. The van der Waals surface area contributed by atoms with Crippen LogP contribution in [0, 0.1) is 0 Å². The number of hydrogen-bond donors (Lipinski definition) is 1. The summed E-state index contributed by atoms with van der Waals surface area (Å²) in [6.45, 7) is 2.13. The molecule has 1 atom stereocenters. The number of nitrogens with zero attached hydrogens (tertiary/aromatic N) is 2. The molecule has 2 heterocycles. The maximum absolute atomic E-state index is 13.5. The van der Waals surface area contributed by atoms with Gasteiger partial charge in [0.05, 0.1) is 24.1 Å². The van der Waals surface area contributed by atoms with E-state index in [9.17, 15) is 19.2 Å². The fourth-order valence-electron chi connectivity index (χ4n) is 4.45. The molecule has 4 aromatic rings. The van der Waals surface area contributed by atoms with Crippen LogP contribution in [0.1, 0.15) is 39.0 Å². The minimum absolute atomic E-state index is 0.0429. The van der Waals surface area contributed by atoms with Crippen molar-refractivity contribution in [1.29, 1.82) is 0 Å². The van der Waals surface area contributed by atoms with E-state index >= 15 is 0 Å². The monoisotopic (exact) mass is 507 g/mol. The molecule has 0 aliphatic carbocycles. The summed E-state index contributed by atoms with van der Waals surface area (Å²) in [4.78, 5) is 55.1. The number of nitrogens with one attached hydrogen (secondary N) is 1. The van der Waals surface area contributed by atoms with E-state index < -0.39 is 23.6 Å². The fourth-order valence-corrected chi connectivity index (χ4v) is 4.45. The molecule has 1 aliphatic rings. The third-order valence-electron chi connectivity index (χ3n) is 6.44. The molecule has 1 aromatic heterocycles. The lowest BCUT2D eigenvalue weighted by Gasteiger charge is -2.28. The number of ketones is 1. The van der Waals surface area contributed by atoms with Crippen LogP contribution >= 0.6 is 0 Å². The summed E-state index contributed by atoms with van der Waals surface area (Å²) in [6.07, 6.45) is 1.37. The molecule has 8 heteroatoms. The third kappa shape index (κ3) is 4.84. The van der Waals surface area contributed by atoms with Crippen LogP contribution in [0.25, 0.3) is 0 Å². The number of anilines is 2. The number of benzene rings is 3. The topological polar surface area (TPSA) is 99.9 Å². The van der Waals surface area contributed by atoms with Gasteiger partial charge in [0.2, 0.25) is 5.91 Å². The molecule has 8 nitrogen and oxygen atoms in total. The zero-order valence-corrected chi connectivity index (χ0v) is 20.7. The van der Waals surface area contributed by atoms with E-state index in [2.05, 4.69) is 5.32 Å². The predicted octanol–water partition coefficient (Wildman–Crippen LogP) is 4.36. The normalized spacial score (nSPS) is 13.2. The van der Waals surface area contributed by atoms with Gasteiger partial charge in [-0.1, -0.05) is 60.7 Å². The van der Waals surface area contributed by atoms with E-state index in [0.29, 0.717) is 17.9 Å². The first-order valence-corrected chi connectivity index (χ1v) is 12.2. The zero-order valence-electron chi connectivity index (χ0n) is 20.7. The van der Waals surface area contributed by atoms with E-state index in [0.717, 1.165) is 11.1 Å². The molecule has 5 rings (SSSR count). The first kappa shape index (κ1) is 24.7. The van der Waals surface area contributed by atoms with Gasteiger partial charge in [0.25, 0.3) is 17.6 Å². The van der Waals surface area contributed by atoms with Gasteiger partial charge in [-0.25, -0.2) is 0 Å². The number of fused-ring (bicyclic) bond motifs is 1. The Hall–Kier alpha value is -4.98. The lowest BCUT2D eigenvalue weighted by Crippen LogP contribution is -2.48. The molecule has 3 aromatic carbocycles. The summed E-state index contributed by atoms with van der Waals surface area (Å²) in [5.74, 6) is -2.19. The highest BCUT2D eigenvalue weighted by Crippen LogP contribution is 2.34. The average molecular weight is 508 g/mol. The van der Waals surface area contributed by atoms with Crippen molar-refractivity contribution < 1.29 is 23.6 Å². The van der Waals surface area contributed by atoms with Crippen molar-refractivity contribution in [3.63, 3.8) is 0 Å². The Morgan fingerprint density at radius 3 is 2.24 bits per heavy atom. The second kappa shape index (κ2) is 10.6. The molecule has 0 spiro atoms. The second-order valence-electron chi connectivity index (χ2n) is 8.94. The van der Waals surface area contributed by atoms with Gasteiger partial charge in [-0.2, -0.15) is 0 Å². The molecule has 190 valence electrons. The van der Waals surface area contributed by atoms with Crippen molar-refractivity contribution in [3.05, 3.63) is 120 Å². The minimum Gasteiger partial charge on any atom is -0.459 e. The third-order valence-corrected chi connectivity index (χ3v) is 6.44. The van der Waals surface area contributed by atoms with E-state index in [1.165, 1.54) is 28.2 Å². The van der Waals surface area contributed by atoms with Crippen molar-refractivity contribution in [1.82, 2.24) is 5.32 Å². The van der Waals surface area contributed by atoms with Crippen LogP contribution in [-0.2, 0) is 22.7 Å². The molecule has 1 aliphatic heterocycles. The molecule has 0 radical (unpaired) electrons. The largest absolute Gasteiger partial charge is 0.459 e. The fraction of sp³-hybridized carbons (Fsp3) is 0.133. The van der Waals surface area contributed by atoms with Crippen molar-refractivity contribution in [2.45, 2.75) is 26.1 Å². The first-order valence-electron chi connectivity index (χ1n) is 12.2.